The summed E-state index contributed by atoms with van der Waals surface area (Å²) in [6, 6.07) is 9.98. The number of fused-ring (bicyclic) bond motifs is 2. The van der Waals surface area contributed by atoms with Crippen LogP contribution in [0.1, 0.15) is 18.4 Å². The molecule has 2 atom stereocenters. The second kappa shape index (κ2) is 6.10. The highest BCUT2D eigenvalue weighted by Crippen LogP contribution is 2.38. The van der Waals surface area contributed by atoms with E-state index in [0.717, 1.165) is 32.2 Å². The van der Waals surface area contributed by atoms with Gasteiger partial charge in [-0.05, 0) is 35.8 Å². The van der Waals surface area contributed by atoms with E-state index in [1.54, 1.807) is 0 Å². The van der Waals surface area contributed by atoms with Gasteiger partial charge in [-0.2, -0.15) is 0 Å². The lowest BCUT2D eigenvalue weighted by molar-refractivity contribution is -0.0879. The molecule has 0 spiro atoms. The quantitative estimate of drug-likeness (QED) is 0.868. The second-order valence-electron chi connectivity index (χ2n) is 7.58. The Labute approximate surface area is 143 Å². The third-order valence-corrected chi connectivity index (χ3v) is 5.97. The minimum Gasteiger partial charge on any atom is -0.378 e. The first-order valence-corrected chi connectivity index (χ1v) is 9.26. The molecule has 2 saturated heterocycles. The van der Waals surface area contributed by atoms with Gasteiger partial charge in [-0.1, -0.05) is 18.2 Å². The molecule has 0 bridgehead atoms. The van der Waals surface area contributed by atoms with Crippen molar-refractivity contribution in [1.29, 1.82) is 0 Å². The molecule has 3 heterocycles. The number of benzene rings is 1. The monoisotopic (exact) mass is 323 g/mol. The van der Waals surface area contributed by atoms with Crippen molar-refractivity contribution in [2.24, 2.45) is 5.92 Å². The second-order valence-corrected chi connectivity index (χ2v) is 7.58. The lowest BCUT2D eigenvalue weighted by Crippen LogP contribution is -2.62. The minimum atomic E-state index is 0.578. The number of nitrogens with zero attached hydrogens (tertiary/aromatic N) is 3. The molecule has 2 aromatic rings. The smallest absolute Gasteiger partial charge is 0.0635 e. The molecule has 1 aromatic heterocycles. The molecule has 4 heteroatoms. The maximum absolute atomic E-state index is 5.95. The van der Waals surface area contributed by atoms with Crippen LogP contribution in [0.15, 0.2) is 36.7 Å². The Morgan fingerprint density at radius 1 is 1.12 bits per heavy atom. The standard InChI is InChI=1S/C20H25N3O/c1-2-16-10-21-7-6-19(16)17(3-1)11-22-8-9-23-18(12-22)13-24-14-20(23)15-4-5-15/h1-3,6-7,10,15,18,20H,4-5,8-9,11-14H2/t18-,20-/m1/s1. The van der Waals surface area contributed by atoms with Gasteiger partial charge in [0.05, 0.1) is 13.2 Å². The molecule has 1 aromatic carbocycles. The Hall–Kier alpha value is -1.49. The molecule has 1 saturated carbocycles. The molecular weight excluding hydrogens is 298 g/mol. The van der Waals surface area contributed by atoms with Crippen molar-refractivity contribution in [3.8, 4) is 0 Å². The number of rotatable bonds is 3. The fourth-order valence-corrected chi connectivity index (χ4v) is 4.54. The summed E-state index contributed by atoms with van der Waals surface area (Å²) in [4.78, 5) is 9.61. The van der Waals surface area contributed by atoms with Crippen LogP contribution in [-0.2, 0) is 11.3 Å². The fourth-order valence-electron chi connectivity index (χ4n) is 4.54. The average molecular weight is 323 g/mol. The summed E-state index contributed by atoms with van der Waals surface area (Å²) in [5.41, 5.74) is 1.42. The van der Waals surface area contributed by atoms with Gasteiger partial charge in [0, 0.05) is 56.0 Å². The first-order chi connectivity index (χ1) is 11.9. The number of ether oxygens (including phenoxy) is 1. The van der Waals surface area contributed by atoms with E-state index < -0.39 is 0 Å². The van der Waals surface area contributed by atoms with Gasteiger partial charge in [-0.3, -0.25) is 14.8 Å². The lowest BCUT2D eigenvalue weighted by atomic mass is 10.0. The van der Waals surface area contributed by atoms with E-state index in [9.17, 15) is 0 Å². The van der Waals surface area contributed by atoms with E-state index in [1.165, 1.54) is 42.3 Å². The SMILES string of the molecule is c1cc(CN2CCN3[C@@H](COC[C@@H]3C3CC3)C2)c2ccncc2c1. The molecule has 0 radical (unpaired) electrons. The van der Waals surface area contributed by atoms with Gasteiger partial charge >= 0.3 is 0 Å². The third kappa shape index (κ3) is 2.73. The molecule has 2 aliphatic heterocycles. The van der Waals surface area contributed by atoms with Crippen molar-refractivity contribution in [2.45, 2.75) is 31.5 Å². The zero-order chi connectivity index (χ0) is 15.9. The predicted octanol–water partition coefficient (Wildman–Crippen LogP) is 2.53. The summed E-state index contributed by atoms with van der Waals surface area (Å²) >= 11 is 0. The zero-order valence-electron chi connectivity index (χ0n) is 14.1. The molecule has 3 fully saturated rings. The first kappa shape index (κ1) is 14.8. The summed E-state index contributed by atoms with van der Waals surface area (Å²) in [6.45, 7) is 6.38. The summed E-state index contributed by atoms with van der Waals surface area (Å²) in [6.07, 6.45) is 6.68. The van der Waals surface area contributed by atoms with Crippen molar-refractivity contribution in [3.05, 3.63) is 42.2 Å². The van der Waals surface area contributed by atoms with Crippen molar-refractivity contribution in [2.75, 3.05) is 32.8 Å². The van der Waals surface area contributed by atoms with Gasteiger partial charge < -0.3 is 4.74 Å². The van der Waals surface area contributed by atoms with Crippen molar-refractivity contribution in [3.63, 3.8) is 0 Å². The van der Waals surface area contributed by atoms with Gasteiger partial charge in [-0.15, -0.1) is 0 Å². The molecule has 3 aliphatic rings. The first-order valence-electron chi connectivity index (χ1n) is 9.26. The molecule has 1 aliphatic carbocycles. The van der Waals surface area contributed by atoms with Crippen molar-refractivity contribution < 1.29 is 4.74 Å². The number of hydrogen-bond donors (Lipinski definition) is 0. The van der Waals surface area contributed by atoms with Crippen LogP contribution in [0.2, 0.25) is 0 Å². The van der Waals surface area contributed by atoms with Crippen LogP contribution in [0.3, 0.4) is 0 Å². The third-order valence-electron chi connectivity index (χ3n) is 5.97. The van der Waals surface area contributed by atoms with Gasteiger partial charge in [-0.25, -0.2) is 0 Å². The summed E-state index contributed by atoms with van der Waals surface area (Å²) in [5.74, 6) is 0.907. The highest BCUT2D eigenvalue weighted by Gasteiger charge is 2.42. The topological polar surface area (TPSA) is 28.6 Å². The van der Waals surface area contributed by atoms with Gasteiger partial charge in [0.15, 0.2) is 0 Å². The van der Waals surface area contributed by atoms with Crippen LogP contribution < -0.4 is 0 Å². The van der Waals surface area contributed by atoms with Crippen LogP contribution in [-0.4, -0.2) is 59.7 Å². The van der Waals surface area contributed by atoms with E-state index in [4.69, 9.17) is 4.74 Å². The molecule has 0 unspecified atom stereocenters. The van der Waals surface area contributed by atoms with Gasteiger partial charge in [0.25, 0.3) is 0 Å². The highest BCUT2D eigenvalue weighted by molar-refractivity contribution is 5.84. The van der Waals surface area contributed by atoms with E-state index in [2.05, 4.69) is 39.0 Å². The number of hydrogen-bond acceptors (Lipinski definition) is 4. The lowest BCUT2D eigenvalue weighted by Gasteiger charge is -2.48. The largest absolute Gasteiger partial charge is 0.378 e. The number of morpholine rings is 1. The van der Waals surface area contributed by atoms with E-state index in [0.29, 0.717) is 12.1 Å². The van der Waals surface area contributed by atoms with Crippen molar-refractivity contribution in [1.82, 2.24) is 14.8 Å². The molecule has 126 valence electrons. The van der Waals surface area contributed by atoms with Gasteiger partial charge in [0.2, 0.25) is 0 Å². The predicted molar refractivity (Wildman–Crippen MR) is 94.8 cm³/mol. The zero-order valence-corrected chi connectivity index (χ0v) is 14.1. The summed E-state index contributed by atoms with van der Waals surface area (Å²) in [7, 11) is 0. The molecule has 4 nitrogen and oxygen atoms in total. The normalized spacial score (nSPS) is 28.8. The molecule has 0 amide bonds. The van der Waals surface area contributed by atoms with Gasteiger partial charge in [0.1, 0.15) is 0 Å². The Morgan fingerprint density at radius 2 is 2.08 bits per heavy atom. The Kier molecular flexibility index (Phi) is 3.77. The minimum absolute atomic E-state index is 0.578. The van der Waals surface area contributed by atoms with E-state index >= 15 is 0 Å². The Bertz CT molecular complexity index is 724. The number of piperazine rings is 1. The summed E-state index contributed by atoms with van der Waals surface area (Å²) in [5, 5.41) is 2.58. The van der Waals surface area contributed by atoms with Crippen LogP contribution in [0.25, 0.3) is 10.8 Å². The molecule has 5 rings (SSSR count). The maximum Gasteiger partial charge on any atom is 0.0635 e. The van der Waals surface area contributed by atoms with Crippen LogP contribution in [0.4, 0.5) is 0 Å². The van der Waals surface area contributed by atoms with Crippen LogP contribution in [0, 0.1) is 5.92 Å². The fraction of sp³-hybridized carbons (Fsp3) is 0.550. The molecule has 24 heavy (non-hydrogen) atoms. The molecule has 0 N–H and O–H groups in total. The summed E-state index contributed by atoms with van der Waals surface area (Å²) < 4.78 is 5.95. The maximum atomic E-state index is 5.95. The highest BCUT2D eigenvalue weighted by atomic mass is 16.5. The number of aromatic nitrogens is 1. The Morgan fingerprint density at radius 3 is 3.00 bits per heavy atom. The number of pyridine rings is 1. The Balaban J connectivity index is 1.32. The van der Waals surface area contributed by atoms with Crippen LogP contribution in [0.5, 0.6) is 0 Å². The van der Waals surface area contributed by atoms with E-state index in [1.807, 2.05) is 12.4 Å². The average Bonchev–Trinajstić information content (AvgIpc) is 3.46. The molecular formula is C20H25N3O. The van der Waals surface area contributed by atoms with Crippen molar-refractivity contribution >= 4 is 10.8 Å². The van der Waals surface area contributed by atoms with Crippen LogP contribution >= 0.6 is 0 Å². The van der Waals surface area contributed by atoms with E-state index in [-0.39, 0.29) is 0 Å².